The van der Waals surface area contributed by atoms with Crippen molar-refractivity contribution in [3.63, 3.8) is 0 Å². The van der Waals surface area contributed by atoms with Crippen LogP contribution in [-0.4, -0.2) is 41.0 Å². The number of amides is 3. The van der Waals surface area contributed by atoms with Gasteiger partial charge < -0.3 is 20.3 Å². The summed E-state index contributed by atoms with van der Waals surface area (Å²) in [4.78, 5) is 44.1. The Morgan fingerprint density at radius 1 is 0.804 bits per heavy atom. The van der Waals surface area contributed by atoms with Gasteiger partial charge in [0.15, 0.2) is 0 Å². The van der Waals surface area contributed by atoms with Crippen molar-refractivity contribution >= 4 is 23.6 Å². The number of aryl methyl sites for hydroxylation is 4. The molecular formula is C39H53N3O4. The topological polar surface area (TPSA) is 87.7 Å². The summed E-state index contributed by atoms with van der Waals surface area (Å²) in [7, 11) is 0. The summed E-state index contributed by atoms with van der Waals surface area (Å²) in [5, 5.41) is 6.05. The molecule has 3 rings (SSSR count). The van der Waals surface area contributed by atoms with Crippen molar-refractivity contribution < 1.29 is 19.1 Å². The third-order valence-corrected chi connectivity index (χ3v) is 8.07. The van der Waals surface area contributed by atoms with Crippen molar-refractivity contribution in [2.45, 2.75) is 112 Å². The molecule has 0 bridgehead atoms. The smallest absolute Gasteiger partial charge is 0.408 e. The third kappa shape index (κ3) is 10.7. The van der Waals surface area contributed by atoms with Crippen molar-refractivity contribution in [1.82, 2.24) is 10.2 Å². The van der Waals surface area contributed by atoms with Crippen LogP contribution >= 0.6 is 0 Å². The minimum absolute atomic E-state index is 0.253. The van der Waals surface area contributed by atoms with E-state index in [-0.39, 0.29) is 18.2 Å². The van der Waals surface area contributed by atoms with Gasteiger partial charge in [-0.05, 0) is 82.7 Å². The molecule has 0 aliphatic carbocycles. The Morgan fingerprint density at radius 3 is 2.07 bits per heavy atom. The Balaban J connectivity index is 2.12. The summed E-state index contributed by atoms with van der Waals surface area (Å²) in [6.07, 6.45) is 4.50. The predicted octanol–water partition coefficient (Wildman–Crippen LogP) is 8.54. The van der Waals surface area contributed by atoms with Gasteiger partial charge in [-0.1, -0.05) is 105 Å². The van der Waals surface area contributed by atoms with Crippen molar-refractivity contribution in [3.8, 4) is 0 Å². The van der Waals surface area contributed by atoms with Crippen LogP contribution in [0.25, 0.3) is 0 Å². The fourth-order valence-corrected chi connectivity index (χ4v) is 5.74. The van der Waals surface area contributed by atoms with Crippen LogP contribution in [0, 0.1) is 27.7 Å². The number of anilines is 1. The number of alkyl carbamates (subject to hydrolysis) is 1. The number of carbonyl (C=O) groups is 3. The molecule has 3 aromatic carbocycles. The lowest BCUT2D eigenvalue weighted by Gasteiger charge is -2.35. The maximum Gasteiger partial charge on any atom is 0.408 e. The SMILES string of the molecule is CCCCCCCN(C(=O)C(Cc1ccccc1)NC(=O)OC(C)(C)C)C(C(=O)Nc1c(C)cccc1C)c1ccc(C)cc1C. The average molecular weight is 628 g/mol. The predicted molar refractivity (Wildman–Crippen MR) is 187 cm³/mol. The highest BCUT2D eigenvalue weighted by molar-refractivity contribution is 6.00. The molecule has 2 atom stereocenters. The zero-order chi connectivity index (χ0) is 33.9. The number of unbranched alkanes of at least 4 members (excludes halogenated alkanes) is 4. The number of rotatable bonds is 14. The number of hydrogen-bond donors (Lipinski definition) is 2. The van der Waals surface area contributed by atoms with Gasteiger partial charge in [0, 0.05) is 18.7 Å². The van der Waals surface area contributed by atoms with E-state index in [2.05, 4.69) is 17.6 Å². The van der Waals surface area contributed by atoms with Gasteiger partial charge >= 0.3 is 6.09 Å². The summed E-state index contributed by atoms with van der Waals surface area (Å²) >= 11 is 0. The highest BCUT2D eigenvalue weighted by Crippen LogP contribution is 2.30. The van der Waals surface area contributed by atoms with E-state index < -0.39 is 23.8 Å². The Kier molecular flexibility index (Phi) is 13.4. The van der Waals surface area contributed by atoms with E-state index in [0.717, 1.165) is 71.2 Å². The molecule has 46 heavy (non-hydrogen) atoms. The standard InChI is InChI=1S/C39H53N3O4/c1-9-10-11-12-16-24-42(37(44)33(26-31-20-14-13-15-21-31)40-38(45)46-39(6,7)8)35(32-23-22-27(2)25-30(32)5)36(43)41-34-28(3)18-17-19-29(34)4/h13-15,17-23,25,33,35H,9-12,16,24,26H2,1-8H3,(H,40,45)(H,41,43). The van der Waals surface area contributed by atoms with Gasteiger partial charge in [-0.3, -0.25) is 9.59 Å². The molecule has 0 aliphatic rings. The molecule has 3 amide bonds. The molecule has 2 unspecified atom stereocenters. The van der Waals surface area contributed by atoms with Gasteiger partial charge in [0.2, 0.25) is 5.91 Å². The van der Waals surface area contributed by atoms with Gasteiger partial charge in [-0.2, -0.15) is 0 Å². The fourth-order valence-electron chi connectivity index (χ4n) is 5.74. The summed E-state index contributed by atoms with van der Waals surface area (Å²) in [5.41, 5.74) is 5.53. The van der Waals surface area contributed by atoms with Crippen LogP contribution in [-0.2, 0) is 20.7 Å². The number of para-hydroxylation sites is 1. The monoisotopic (exact) mass is 627 g/mol. The van der Waals surface area contributed by atoms with Gasteiger partial charge in [0.05, 0.1) is 0 Å². The van der Waals surface area contributed by atoms with Crippen LogP contribution < -0.4 is 10.6 Å². The minimum atomic E-state index is -0.950. The second kappa shape index (κ2) is 17.0. The summed E-state index contributed by atoms with van der Waals surface area (Å²) < 4.78 is 5.59. The van der Waals surface area contributed by atoms with Crippen molar-refractivity contribution in [2.75, 3.05) is 11.9 Å². The van der Waals surface area contributed by atoms with Crippen LogP contribution in [0.5, 0.6) is 0 Å². The average Bonchev–Trinajstić information content (AvgIpc) is 2.98. The number of nitrogens with zero attached hydrogens (tertiary/aromatic N) is 1. The zero-order valence-corrected chi connectivity index (χ0v) is 29.0. The lowest BCUT2D eigenvalue weighted by atomic mass is 9.95. The summed E-state index contributed by atoms with van der Waals surface area (Å²) in [6.45, 7) is 15.8. The molecule has 0 aromatic heterocycles. The maximum atomic E-state index is 14.8. The molecule has 7 nitrogen and oxygen atoms in total. The van der Waals surface area contributed by atoms with E-state index in [1.54, 1.807) is 25.7 Å². The first-order valence-corrected chi connectivity index (χ1v) is 16.6. The van der Waals surface area contributed by atoms with E-state index in [1.807, 2.05) is 94.4 Å². The molecule has 0 fully saturated rings. The number of ether oxygens (including phenoxy) is 1. The molecule has 2 N–H and O–H groups in total. The van der Waals surface area contributed by atoms with E-state index >= 15 is 0 Å². The lowest BCUT2D eigenvalue weighted by molar-refractivity contribution is -0.140. The number of carbonyl (C=O) groups excluding carboxylic acids is 3. The normalized spacial score (nSPS) is 12.6. The van der Waals surface area contributed by atoms with E-state index in [1.165, 1.54) is 0 Å². The summed E-state index contributed by atoms with van der Waals surface area (Å²) in [6, 6.07) is 19.6. The highest BCUT2D eigenvalue weighted by atomic mass is 16.6. The number of benzene rings is 3. The van der Waals surface area contributed by atoms with Crippen LogP contribution in [0.2, 0.25) is 0 Å². The van der Waals surface area contributed by atoms with Crippen LogP contribution in [0.1, 0.15) is 99.2 Å². The van der Waals surface area contributed by atoms with Gasteiger partial charge in [0.1, 0.15) is 17.7 Å². The highest BCUT2D eigenvalue weighted by Gasteiger charge is 2.37. The second-order valence-electron chi connectivity index (χ2n) is 13.4. The van der Waals surface area contributed by atoms with Crippen molar-refractivity contribution in [1.29, 1.82) is 0 Å². The molecule has 0 spiro atoms. The minimum Gasteiger partial charge on any atom is -0.444 e. The number of hydrogen-bond acceptors (Lipinski definition) is 4. The Bertz CT molecular complexity index is 1440. The Hall–Kier alpha value is -4.13. The lowest BCUT2D eigenvalue weighted by Crippen LogP contribution is -2.53. The fraction of sp³-hybridized carbons (Fsp3) is 0.462. The molecule has 0 saturated heterocycles. The first-order valence-electron chi connectivity index (χ1n) is 16.6. The van der Waals surface area contributed by atoms with Crippen molar-refractivity contribution in [3.05, 3.63) is 100 Å². The molecule has 3 aromatic rings. The molecular weight excluding hydrogens is 574 g/mol. The largest absolute Gasteiger partial charge is 0.444 e. The van der Waals surface area contributed by atoms with Crippen LogP contribution in [0.15, 0.2) is 66.7 Å². The van der Waals surface area contributed by atoms with E-state index in [9.17, 15) is 14.4 Å². The summed E-state index contributed by atoms with van der Waals surface area (Å²) in [5.74, 6) is -0.617. The first kappa shape index (κ1) is 36.3. The Morgan fingerprint density at radius 2 is 1.46 bits per heavy atom. The van der Waals surface area contributed by atoms with Crippen molar-refractivity contribution in [2.24, 2.45) is 0 Å². The van der Waals surface area contributed by atoms with Gasteiger partial charge in [-0.15, -0.1) is 0 Å². The number of nitrogens with one attached hydrogen (secondary N) is 2. The Labute approximate surface area is 276 Å². The quantitative estimate of drug-likeness (QED) is 0.175. The van der Waals surface area contributed by atoms with Crippen LogP contribution in [0.4, 0.5) is 10.5 Å². The molecule has 0 heterocycles. The van der Waals surface area contributed by atoms with Gasteiger partial charge in [0.25, 0.3) is 5.91 Å². The van der Waals surface area contributed by atoms with E-state index in [0.29, 0.717) is 6.54 Å². The van der Waals surface area contributed by atoms with Gasteiger partial charge in [-0.25, -0.2) is 4.79 Å². The molecule has 0 aliphatic heterocycles. The molecule has 0 saturated carbocycles. The van der Waals surface area contributed by atoms with Crippen LogP contribution in [0.3, 0.4) is 0 Å². The molecule has 248 valence electrons. The third-order valence-electron chi connectivity index (χ3n) is 8.07. The maximum absolute atomic E-state index is 14.8. The van der Waals surface area contributed by atoms with E-state index in [4.69, 9.17) is 4.74 Å². The zero-order valence-electron chi connectivity index (χ0n) is 29.0. The first-order chi connectivity index (χ1) is 21.8. The second-order valence-corrected chi connectivity index (χ2v) is 13.4. The molecule has 7 heteroatoms. The molecule has 0 radical (unpaired) electrons.